The zero-order valence-corrected chi connectivity index (χ0v) is 20.5. The molecular formula is C29H26FN5O2. The van der Waals surface area contributed by atoms with Crippen LogP contribution in [0.25, 0.3) is 32.9 Å². The van der Waals surface area contributed by atoms with Crippen molar-refractivity contribution in [3.63, 3.8) is 0 Å². The molecule has 0 spiro atoms. The monoisotopic (exact) mass is 495 g/mol. The third kappa shape index (κ3) is 4.35. The Hall–Kier alpha value is -4.46. The first kappa shape index (κ1) is 23.0. The minimum absolute atomic E-state index is 0.0181. The summed E-state index contributed by atoms with van der Waals surface area (Å²) in [6, 6.07) is 17.8. The molecule has 7 nitrogen and oxygen atoms in total. The number of aromatic nitrogens is 3. The van der Waals surface area contributed by atoms with Gasteiger partial charge in [0.25, 0.3) is 5.91 Å². The van der Waals surface area contributed by atoms with Crippen LogP contribution in [0, 0.1) is 11.7 Å². The van der Waals surface area contributed by atoms with Crippen molar-refractivity contribution in [3.05, 3.63) is 83.8 Å². The van der Waals surface area contributed by atoms with Crippen molar-refractivity contribution in [3.8, 4) is 11.1 Å². The summed E-state index contributed by atoms with van der Waals surface area (Å²) in [5.74, 6) is 0.111. The van der Waals surface area contributed by atoms with Gasteiger partial charge in [-0.25, -0.2) is 4.39 Å². The van der Waals surface area contributed by atoms with E-state index in [0.717, 1.165) is 45.8 Å². The molecule has 3 N–H and O–H groups in total. The van der Waals surface area contributed by atoms with Crippen LogP contribution < -0.4 is 10.6 Å². The molecule has 37 heavy (non-hydrogen) atoms. The number of carbonyl (C=O) groups is 2. The smallest absolute Gasteiger partial charge is 0.253 e. The van der Waals surface area contributed by atoms with E-state index < -0.39 is 0 Å². The second-order valence-electron chi connectivity index (χ2n) is 9.73. The molecule has 1 aliphatic carbocycles. The number of amides is 2. The average Bonchev–Trinajstić information content (AvgIpc) is 3.60. The van der Waals surface area contributed by atoms with Gasteiger partial charge in [0.15, 0.2) is 5.82 Å². The molecule has 1 atom stereocenters. The average molecular weight is 496 g/mol. The van der Waals surface area contributed by atoms with Gasteiger partial charge in [-0.3, -0.25) is 14.7 Å². The Labute approximate surface area is 212 Å². The molecule has 1 fully saturated rings. The highest BCUT2D eigenvalue weighted by atomic mass is 19.1. The number of halogens is 1. The van der Waals surface area contributed by atoms with Gasteiger partial charge in [0.1, 0.15) is 5.82 Å². The molecule has 0 radical (unpaired) electrons. The van der Waals surface area contributed by atoms with E-state index in [1.165, 1.54) is 12.1 Å². The minimum atomic E-state index is -0.348. The largest absolute Gasteiger partial charge is 0.350 e. The molecule has 2 aromatic heterocycles. The summed E-state index contributed by atoms with van der Waals surface area (Å²) in [5.41, 5.74) is 4.91. The van der Waals surface area contributed by atoms with Gasteiger partial charge >= 0.3 is 0 Å². The van der Waals surface area contributed by atoms with Gasteiger partial charge in [-0.2, -0.15) is 5.10 Å². The fourth-order valence-corrected chi connectivity index (χ4v) is 4.74. The van der Waals surface area contributed by atoms with Crippen molar-refractivity contribution < 1.29 is 14.0 Å². The normalized spacial score (nSPS) is 14.1. The standard InChI is InChI=1S/C29H26FN5O2/c1-16(18-4-3-5-21(30)12-18)31-29(37)24-15-35(2)26-11-9-19(13-23(24)26)20-8-10-22-25(14-20)33-34-27(22)32-28(36)17-6-7-17/h3-5,8-17H,6-7H2,1-2H3,(H,31,37)(H2,32,33,34,36)/t16-/m0/s1. The van der Waals surface area contributed by atoms with E-state index >= 15 is 0 Å². The van der Waals surface area contributed by atoms with Crippen molar-refractivity contribution in [2.24, 2.45) is 13.0 Å². The zero-order valence-electron chi connectivity index (χ0n) is 20.5. The summed E-state index contributed by atoms with van der Waals surface area (Å²) >= 11 is 0. The number of hydrogen-bond acceptors (Lipinski definition) is 3. The Kier molecular flexibility index (Phi) is 5.52. The molecule has 186 valence electrons. The van der Waals surface area contributed by atoms with Crippen LogP contribution in [0.4, 0.5) is 10.2 Å². The number of fused-ring (bicyclic) bond motifs is 2. The third-order valence-corrected chi connectivity index (χ3v) is 7.02. The zero-order chi connectivity index (χ0) is 25.7. The maximum absolute atomic E-state index is 13.7. The Morgan fingerprint density at radius 3 is 2.62 bits per heavy atom. The lowest BCUT2D eigenvalue weighted by atomic mass is 10.0. The molecule has 5 aromatic rings. The Morgan fingerprint density at radius 1 is 1.05 bits per heavy atom. The maximum Gasteiger partial charge on any atom is 0.253 e. The molecule has 2 heterocycles. The van der Waals surface area contributed by atoms with Gasteiger partial charge in [-0.05, 0) is 72.9 Å². The van der Waals surface area contributed by atoms with Crippen molar-refractivity contribution >= 4 is 39.4 Å². The molecule has 1 saturated carbocycles. The predicted molar refractivity (Wildman–Crippen MR) is 142 cm³/mol. The Bertz CT molecular complexity index is 1680. The number of aryl methyl sites for hydroxylation is 1. The lowest BCUT2D eigenvalue weighted by Crippen LogP contribution is -2.26. The highest BCUT2D eigenvalue weighted by molar-refractivity contribution is 6.08. The molecule has 1 aliphatic rings. The Balaban J connectivity index is 1.30. The molecule has 0 aliphatic heterocycles. The highest BCUT2D eigenvalue weighted by Crippen LogP contribution is 2.33. The molecule has 6 rings (SSSR count). The fraction of sp³-hybridized carbons (Fsp3) is 0.207. The number of hydrogen-bond donors (Lipinski definition) is 3. The number of benzene rings is 3. The van der Waals surface area contributed by atoms with E-state index in [4.69, 9.17) is 0 Å². The van der Waals surface area contributed by atoms with Crippen molar-refractivity contribution in [1.82, 2.24) is 20.1 Å². The van der Waals surface area contributed by atoms with Gasteiger partial charge < -0.3 is 15.2 Å². The summed E-state index contributed by atoms with van der Waals surface area (Å²) in [4.78, 5) is 25.4. The van der Waals surface area contributed by atoms with Gasteiger partial charge in [0, 0.05) is 35.5 Å². The van der Waals surface area contributed by atoms with Crippen LogP contribution >= 0.6 is 0 Å². The van der Waals surface area contributed by atoms with E-state index in [9.17, 15) is 14.0 Å². The third-order valence-electron chi connectivity index (χ3n) is 7.02. The number of rotatable bonds is 6. The fourth-order valence-electron chi connectivity index (χ4n) is 4.74. The highest BCUT2D eigenvalue weighted by Gasteiger charge is 2.30. The van der Waals surface area contributed by atoms with Gasteiger partial charge in [0.2, 0.25) is 5.91 Å². The van der Waals surface area contributed by atoms with Crippen LogP contribution in [0.15, 0.2) is 66.9 Å². The van der Waals surface area contributed by atoms with E-state index in [2.05, 4.69) is 20.8 Å². The Morgan fingerprint density at radius 2 is 1.84 bits per heavy atom. The number of nitrogens with one attached hydrogen (secondary N) is 3. The van der Waals surface area contributed by atoms with Gasteiger partial charge in [0.05, 0.1) is 17.1 Å². The van der Waals surface area contributed by atoms with E-state index in [0.29, 0.717) is 16.9 Å². The number of nitrogens with zero attached hydrogens (tertiary/aromatic N) is 2. The van der Waals surface area contributed by atoms with Gasteiger partial charge in [-0.15, -0.1) is 0 Å². The predicted octanol–water partition coefficient (Wildman–Crippen LogP) is 5.70. The minimum Gasteiger partial charge on any atom is -0.350 e. The van der Waals surface area contributed by atoms with E-state index in [1.54, 1.807) is 12.1 Å². The van der Waals surface area contributed by atoms with Crippen LogP contribution in [-0.4, -0.2) is 26.6 Å². The quantitative estimate of drug-likeness (QED) is 0.282. The van der Waals surface area contributed by atoms with Crippen LogP contribution in [0.2, 0.25) is 0 Å². The SMILES string of the molecule is C[C@H](NC(=O)c1cn(C)c2ccc(-c3ccc4c(NC(=O)C5CC5)n[nH]c4c3)cc12)c1cccc(F)c1. The lowest BCUT2D eigenvalue weighted by Gasteiger charge is -2.14. The lowest BCUT2D eigenvalue weighted by molar-refractivity contribution is -0.117. The second-order valence-corrected chi connectivity index (χ2v) is 9.73. The maximum atomic E-state index is 13.7. The van der Waals surface area contributed by atoms with Crippen LogP contribution in [-0.2, 0) is 11.8 Å². The van der Waals surface area contributed by atoms with E-state index in [-0.39, 0.29) is 29.6 Å². The van der Waals surface area contributed by atoms with E-state index in [1.807, 2.05) is 61.1 Å². The van der Waals surface area contributed by atoms with Crippen LogP contribution in [0.1, 0.15) is 41.7 Å². The summed E-state index contributed by atoms with van der Waals surface area (Å²) in [6.45, 7) is 1.84. The van der Waals surface area contributed by atoms with Crippen LogP contribution in [0.3, 0.4) is 0 Å². The summed E-state index contributed by atoms with van der Waals surface area (Å²) in [6.07, 6.45) is 3.68. The van der Waals surface area contributed by atoms with Crippen molar-refractivity contribution in [2.75, 3.05) is 5.32 Å². The van der Waals surface area contributed by atoms with Crippen LogP contribution in [0.5, 0.6) is 0 Å². The molecule has 8 heteroatoms. The van der Waals surface area contributed by atoms with Crippen molar-refractivity contribution in [1.29, 1.82) is 0 Å². The molecular weight excluding hydrogens is 469 g/mol. The molecule has 0 bridgehead atoms. The molecule has 2 amide bonds. The number of H-pyrrole nitrogens is 1. The second kappa shape index (κ2) is 8.89. The number of aromatic amines is 1. The summed E-state index contributed by atoms with van der Waals surface area (Å²) in [5, 5.41) is 14.9. The first-order valence-corrected chi connectivity index (χ1v) is 12.3. The van der Waals surface area contributed by atoms with Gasteiger partial charge in [-0.1, -0.05) is 24.3 Å². The summed E-state index contributed by atoms with van der Waals surface area (Å²) < 4.78 is 15.6. The molecule has 0 unspecified atom stereocenters. The first-order chi connectivity index (χ1) is 17.9. The first-order valence-electron chi connectivity index (χ1n) is 12.3. The summed E-state index contributed by atoms with van der Waals surface area (Å²) in [7, 11) is 1.91. The topological polar surface area (TPSA) is 91.8 Å². The number of carbonyl (C=O) groups excluding carboxylic acids is 2. The molecule has 3 aromatic carbocycles. The number of anilines is 1. The van der Waals surface area contributed by atoms with Crippen molar-refractivity contribution in [2.45, 2.75) is 25.8 Å². The molecule has 0 saturated heterocycles.